The lowest BCUT2D eigenvalue weighted by atomic mass is 9.90. The van der Waals surface area contributed by atoms with Crippen molar-refractivity contribution in [2.24, 2.45) is 0 Å². The van der Waals surface area contributed by atoms with E-state index in [4.69, 9.17) is 0 Å². The highest BCUT2D eigenvalue weighted by atomic mass is 79.9. The van der Waals surface area contributed by atoms with E-state index in [-0.39, 0.29) is 0 Å². The van der Waals surface area contributed by atoms with E-state index in [1.54, 1.807) is 17.4 Å². The second-order valence-corrected chi connectivity index (χ2v) is 11.5. The Morgan fingerprint density at radius 1 is 1.19 bits per heavy atom. The van der Waals surface area contributed by atoms with Crippen molar-refractivity contribution >= 4 is 37.3 Å². The third kappa shape index (κ3) is 4.74. The maximum Gasteiger partial charge on any atom is 0.241 e. The zero-order chi connectivity index (χ0) is 18.9. The van der Waals surface area contributed by atoms with Crippen LogP contribution in [-0.4, -0.2) is 18.9 Å². The van der Waals surface area contributed by atoms with Gasteiger partial charge in [-0.05, 0) is 45.7 Å². The highest BCUT2D eigenvalue weighted by molar-refractivity contribution is 9.10. The number of aromatic nitrogens is 1. The summed E-state index contributed by atoms with van der Waals surface area (Å²) in [6.07, 6.45) is 8.02. The summed E-state index contributed by atoms with van der Waals surface area (Å²) in [7, 11) is -3.64. The number of nitrogens with one attached hydrogen (secondary N) is 1. The normalized spacial score (nSPS) is 16.8. The maximum absolute atomic E-state index is 13.0. The van der Waals surface area contributed by atoms with Gasteiger partial charge in [0.25, 0.3) is 0 Å². The summed E-state index contributed by atoms with van der Waals surface area (Å²) in [5.74, 6) is 0.519. The van der Waals surface area contributed by atoms with Crippen molar-refractivity contribution in [2.75, 3.05) is 0 Å². The van der Waals surface area contributed by atoms with Crippen molar-refractivity contribution in [2.45, 2.75) is 69.2 Å². The van der Waals surface area contributed by atoms with Crippen molar-refractivity contribution in [3.8, 4) is 10.4 Å². The van der Waals surface area contributed by atoms with Gasteiger partial charge in [0.05, 0.1) is 14.8 Å². The Morgan fingerprint density at radius 3 is 2.54 bits per heavy atom. The van der Waals surface area contributed by atoms with E-state index in [1.807, 2.05) is 39.1 Å². The minimum absolute atomic E-state index is 0.292. The summed E-state index contributed by atoms with van der Waals surface area (Å²) in [6.45, 7) is 5.53. The van der Waals surface area contributed by atoms with Crippen molar-refractivity contribution in [3.63, 3.8) is 0 Å². The van der Waals surface area contributed by atoms with Gasteiger partial charge >= 0.3 is 0 Å². The molecule has 1 aromatic carbocycles. The molecule has 0 unspecified atom stereocenters. The molecule has 7 heteroatoms. The van der Waals surface area contributed by atoms with Gasteiger partial charge in [-0.3, -0.25) is 0 Å². The largest absolute Gasteiger partial charge is 0.249 e. The van der Waals surface area contributed by atoms with Crippen molar-refractivity contribution in [1.82, 2.24) is 9.71 Å². The van der Waals surface area contributed by atoms with Crippen LogP contribution in [0.5, 0.6) is 0 Å². The SMILES string of the molecule is CC(C)(C)NS(=O)(=O)c1cc(Br)ccc1-c1cnc(C2CCCCC2)s1. The first kappa shape index (κ1) is 20.0. The molecule has 1 aliphatic carbocycles. The highest BCUT2D eigenvalue weighted by Gasteiger charge is 2.27. The fraction of sp³-hybridized carbons (Fsp3) is 0.526. The Kier molecular flexibility index (Phi) is 5.92. The number of hydrogen-bond acceptors (Lipinski definition) is 4. The molecule has 0 atom stereocenters. The molecule has 0 radical (unpaired) electrons. The molecule has 1 saturated carbocycles. The zero-order valence-corrected chi connectivity index (χ0v) is 18.6. The first-order valence-corrected chi connectivity index (χ1v) is 12.0. The van der Waals surface area contributed by atoms with Crippen molar-refractivity contribution in [3.05, 3.63) is 33.9 Å². The molecule has 1 aromatic heterocycles. The van der Waals surface area contributed by atoms with Crippen LogP contribution >= 0.6 is 27.3 Å². The molecule has 26 heavy (non-hydrogen) atoms. The molecular formula is C19H25BrN2O2S2. The van der Waals surface area contributed by atoms with Crippen molar-refractivity contribution in [1.29, 1.82) is 0 Å². The van der Waals surface area contributed by atoms with Crippen LogP contribution in [0.3, 0.4) is 0 Å². The predicted octanol–water partition coefficient (Wildman–Crippen LogP) is 5.70. The molecule has 4 nitrogen and oxygen atoms in total. The quantitative estimate of drug-likeness (QED) is 0.641. The van der Waals surface area contributed by atoms with E-state index < -0.39 is 15.6 Å². The fourth-order valence-corrected chi connectivity index (χ4v) is 6.70. The molecule has 2 aromatic rings. The van der Waals surface area contributed by atoms with E-state index in [2.05, 4.69) is 25.6 Å². The van der Waals surface area contributed by atoms with Crippen LogP contribution in [0.4, 0.5) is 0 Å². The predicted molar refractivity (Wildman–Crippen MR) is 111 cm³/mol. The third-order valence-corrected chi connectivity index (χ3v) is 7.90. The minimum atomic E-state index is -3.64. The van der Waals surface area contributed by atoms with Gasteiger partial charge in [0.1, 0.15) is 0 Å². The maximum atomic E-state index is 13.0. The van der Waals surface area contributed by atoms with Gasteiger partial charge in [0.2, 0.25) is 10.0 Å². The van der Waals surface area contributed by atoms with Gasteiger partial charge in [-0.2, -0.15) is 0 Å². The molecule has 0 amide bonds. The lowest BCUT2D eigenvalue weighted by Crippen LogP contribution is -2.40. The number of thiazole rings is 1. The van der Waals surface area contributed by atoms with E-state index in [1.165, 1.54) is 32.1 Å². The van der Waals surface area contributed by atoms with Crippen LogP contribution in [0.15, 0.2) is 33.8 Å². The molecule has 3 rings (SSSR count). The number of benzene rings is 1. The molecule has 1 aliphatic rings. The average Bonchev–Trinajstić information content (AvgIpc) is 3.03. The van der Waals surface area contributed by atoms with Gasteiger partial charge < -0.3 is 0 Å². The fourth-order valence-electron chi connectivity index (χ4n) is 3.33. The Morgan fingerprint density at radius 2 is 1.88 bits per heavy atom. The average molecular weight is 457 g/mol. The molecule has 0 bridgehead atoms. The van der Waals surface area contributed by atoms with Gasteiger partial charge in [-0.15, -0.1) is 11.3 Å². The van der Waals surface area contributed by atoms with Gasteiger partial charge in [0, 0.05) is 27.7 Å². The first-order valence-electron chi connectivity index (χ1n) is 8.95. The van der Waals surface area contributed by atoms with E-state index >= 15 is 0 Å². The topological polar surface area (TPSA) is 59.1 Å². The van der Waals surface area contributed by atoms with Crippen LogP contribution in [0, 0.1) is 0 Å². The Labute approximate surface area is 168 Å². The molecule has 142 valence electrons. The number of sulfonamides is 1. The molecule has 1 fully saturated rings. The molecule has 1 heterocycles. The van der Waals surface area contributed by atoms with Crippen LogP contribution < -0.4 is 4.72 Å². The zero-order valence-electron chi connectivity index (χ0n) is 15.4. The number of halogens is 1. The highest BCUT2D eigenvalue weighted by Crippen LogP contribution is 2.39. The summed E-state index contributed by atoms with van der Waals surface area (Å²) in [6, 6.07) is 5.41. The van der Waals surface area contributed by atoms with E-state index in [0.29, 0.717) is 16.4 Å². The Balaban J connectivity index is 2.00. The molecule has 0 spiro atoms. The van der Waals surface area contributed by atoms with Gasteiger partial charge in [0.15, 0.2) is 0 Å². The number of nitrogens with zero attached hydrogens (tertiary/aromatic N) is 1. The summed E-state index contributed by atoms with van der Waals surface area (Å²) in [4.78, 5) is 5.83. The van der Waals surface area contributed by atoms with Crippen LogP contribution in [0.25, 0.3) is 10.4 Å². The van der Waals surface area contributed by atoms with Crippen LogP contribution in [0.1, 0.15) is 63.8 Å². The lowest BCUT2D eigenvalue weighted by molar-refractivity contribution is 0.442. The standard InChI is InChI=1S/C19H25BrN2O2S2/c1-19(2,3)22-26(23,24)17-11-14(20)9-10-15(17)16-12-21-18(25-16)13-7-5-4-6-8-13/h9-13,22H,4-8H2,1-3H3. The molecule has 0 aliphatic heterocycles. The summed E-state index contributed by atoms with van der Waals surface area (Å²) in [5.41, 5.74) is 0.170. The number of hydrogen-bond donors (Lipinski definition) is 1. The van der Waals surface area contributed by atoms with Crippen molar-refractivity contribution < 1.29 is 8.42 Å². The lowest BCUT2D eigenvalue weighted by Gasteiger charge is -2.21. The molecule has 0 saturated heterocycles. The summed E-state index contributed by atoms with van der Waals surface area (Å²) >= 11 is 5.03. The summed E-state index contributed by atoms with van der Waals surface area (Å²) < 4.78 is 29.4. The monoisotopic (exact) mass is 456 g/mol. The van der Waals surface area contributed by atoms with E-state index in [9.17, 15) is 8.42 Å². The second-order valence-electron chi connectivity index (χ2n) is 7.89. The van der Waals surface area contributed by atoms with Gasteiger partial charge in [-0.25, -0.2) is 18.1 Å². The Hall–Kier alpha value is -0.760. The minimum Gasteiger partial charge on any atom is -0.249 e. The molecular weight excluding hydrogens is 432 g/mol. The first-order chi connectivity index (χ1) is 12.2. The van der Waals surface area contributed by atoms with Gasteiger partial charge in [-0.1, -0.05) is 41.3 Å². The van der Waals surface area contributed by atoms with E-state index in [0.717, 1.165) is 14.4 Å². The Bertz CT molecular complexity index is 879. The van der Waals surface area contributed by atoms with Crippen LogP contribution in [0.2, 0.25) is 0 Å². The second kappa shape index (κ2) is 7.70. The number of rotatable bonds is 4. The summed E-state index contributed by atoms with van der Waals surface area (Å²) in [5, 5.41) is 1.13. The third-order valence-electron chi connectivity index (χ3n) is 4.42. The molecule has 1 N–H and O–H groups in total. The smallest absolute Gasteiger partial charge is 0.241 e. The van der Waals surface area contributed by atoms with Crippen LogP contribution in [-0.2, 0) is 10.0 Å².